The van der Waals surface area contributed by atoms with Crippen molar-refractivity contribution in [1.29, 1.82) is 0 Å². The molecule has 0 saturated carbocycles. The van der Waals surface area contributed by atoms with Crippen LogP contribution in [0.5, 0.6) is 0 Å². The summed E-state index contributed by atoms with van der Waals surface area (Å²) in [6.45, 7) is 18.2. The van der Waals surface area contributed by atoms with Crippen LogP contribution in [-0.2, 0) is 0 Å². The Morgan fingerprint density at radius 1 is 1.20 bits per heavy atom. The summed E-state index contributed by atoms with van der Waals surface area (Å²) in [5.41, 5.74) is 5.54. The summed E-state index contributed by atoms with van der Waals surface area (Å²) >= 11 is 0. The zero-order chi connectivity index (χ0) is 18.4. The molecule has 0 bridgehead atoms. The van der Waals surface area contributed by atoms with Crippen molar-refractivity contribution in [3.8, 4) is 0 Å². The van der Waals surface area contributed by atoms with Gasteiger partial charge in [-0.2, -0.15) is 0 Å². The summed E-state index contributed by atoms with van der Waals surface area (Å²) in [5.74, 6) is 0.255. The van der Waals surface area contributed by atoms with Crippen LogP contribution < -0.4 is 10.6 Å². The molecule has 25 heavy (non-hydrogen) atoms. The Morgan fingerprint density at radius 3 is 2.60 bits per heavy atom. The Hall–Kier alpha value is -2.74. The summed E-state index contributed by atoms with van der Waals surface area (Å²) in [4.78, 5) is 0. The second-order valence-corrected chi connectivity index (χ2v) is 6.32. The first-order chi connectivity index (χ1) is 12.0. The van der Waals surface area contributed by atoms with E-state index in [-0.39, 0.29) is 5.92 Å². The molecule has 130 valence electrons. The molecule has 2 aromatic rings. The SMILES string of the molecule is C=CNC(=C)c1cccc2cc(C)cc(C(C=C)CCC(=C)NC)c12. The van der Waals surface area contributed by atoms with Gasteiger partial charge in [-0.15, -0.1) is 6.58 Å². The molecule has 0 aliphatic heterocycles. The summed E-state index contributed by atoms with van der Waals surface area (Å²) in [7, 11) is 1.91. The number of nitrogens with one attached hydrogen (secondary N) is 2. The van der Waals surface area contributed by atoms with E-state index in [0.29, 0.717) is 0 Å². The van der Waals surface area contributed by atoms with Gasteiger partial charge in [-0.05, 0) is 42.3 Å². The van der Waals surface area contributed by atoms with Gasteiger partial charge in [-0.1, -0.05) is 61.7 Å². The number of fused-ring (bicyclic) bond motifs is 1. The highest BCUT2D eigenvalue weighted by atomic mass is 14.8. The molecule has 0 amide bonds. The van der Waals surface area contributed by atoms with Crippen LogP contribution in [0.3, 0.4) is 0 Å². The van der Waals surface area contributed by atoms with Gasteiger partial charge < -0.3 is 10.6 Å². The van der Waals surface area contributed by atoms with Crippen molar-refractivity contribution in [2.45, 2.75) is 25.7 Å². The van der Waals surface area contributed by atoms with Gasteiger partial charge in [0.2, 0.25) is 0 Å². The highest BCUT2D eigenvalue weighted by Crippen LogP contribution is 2.35. The molecular weight excluding hydrogens is 304 g/mol. The molecular formula is C23H28N2. The van der Waals surface area contributed by atoms with E-state index in [1.165, 1.54) is 21.9 Å². The highest BCUT2D eigenvalue weighted by molar-refractivity contribution is 5.96. The van der Waals surface area contributed by atoms with Crippen LogP contribution in [0, 0.1) is 6.92 Å². The average molecular weight is 332 g/mol. The van der Waals surface area contributed by atoms with Gasteiger partial charge in [0.15, 0.2) is 0 Å². The van der Waals surface area contributed by atoms with Crippen molar-refractivity contribution in [3.05, 3.63) is 91.3 Å². The molecule has 1 atom stereocenters. The van der Waals surface area contributed by atoms with Crippen molar-refractivity contribution < 1.29 is 0 Å². The third-order valence-electron chi connectivity index (χ3n) is 4.55. The van der Waals surface area contributed by atoms with Crippen molar-refractivity contribution >= 4 is 16.5 Å². The smallest absolute Gasteiger partial charge is 0.0386 e. The fourth-order valence-corrected chi connectivity index (χ4v) is 3.22. The van der Waals surface area contributed by atoms with Crippen LogP contribution in [0.25, 0.3) is 16.5 Å². The summed E-state index contributed by atoms with van der Waals surface area (Å²) in [5, 5.41) is 8.71. The van der Waals surface area contributed by atoms with Crippen LogP contribution in [-0.4, -0.2) is 7.05 Å². The number of rotatable bonds is 9. The van der Waals surface area contributed by atoms with Crippen LogP contribution >= 0.6 is 0 Å². The number of benzene rings is 2. The van der Waals surface area contributed by atoms with Crippen molar-refractivity contribution in [3.63, 3.8) is 0 Å². The zero-order valence-corrected chi connectivity index (χ0v) is 15.4. The van der Waals surface area contributed by atoms with Crippen LogP contribution in [0.4, 0.5) is 0 Å². The van der Waals surface area contributed by atoms with Gasteiger partial charge >= 0.3 is 0 Å². The molecule has 2 rings (SSSR count). The minimum atomic E-state index is 0.255. The van der Waals surface area contributed by atoms with E-state index in [4.69, 9.17) is 0 Å². The molecule has 0 saturated heterocycles. The third-order valence-corrected chi connectivity index (χ3v) is 4.55. The first-order valence-electron chi connectivity index (χ1n) is 8.59. The lowest BCUT2D eigenvalue weighted by Crippen LogP contribution is -2.07. The van der Waals surface area contributed by atoms with Gasteiger partial charge in [0.1, 0.15) is 0 Å². The van der Waals surface area contributed by atoms with E-state index in [1.807, 2.05) is 13.1 Å². The Bertz CT molecular complexity index is 814. The monoisotopic (exact) mass is 332 g/mol. The lowest BCUT2D eigenvalue weighted by molar-refractivity contribution is 0.708. The summed E-state index contributed by atoms with van der Waals surface area (Å²) < 4.78 is 0. The molecule has 1 unspecified atom stereocenters. The quantitative estimate of drug-likeness (QED) is 0.581. The molecule has 0 aliphatic rings. The largest absolute Gasteiger partial charge is 0.392 e. The predicted octanol–water partition coefficient (Wildman–Crippen LogP) is 5.63. The first kappa shape index (κ1) is 18.6. The van der Waals surface area contributed by atoms with Gasteiger partial charge in [-0.25, -0.2) is 0 Å². The zero-order valence-electron chi connectivity index (χ0n) is 15.4. The van der Waals surface area contributed by atoms with Gasteiger partial charge in [0, 0.05) is 29.9 Å². The molecule has 0 aliphatic carbocycles. The first-order valence-corrected chi connectivity index (χ1v) is 8.59. The maximum atomic E-state index is 4.17. The number of allylic oxidation sites excluding steroid dienone is 2. The van der Waals surface area contributed by atoms with Gasteiger partial charge in [0.25, 0.3) is 0 Å². The molecule has 0 radical (unpaired) electrons. The van der Waals surface area contributed by atoms with E-state index in [9.17, 15) is 0 Å². The molecule has 2 N–H and O–H groups in total. The third kappa shape index (κ3) is 4.21. The van der Waals surface area contributed by atoms with Crippen LogP contribution in [0.1, 0.15) is 35.4 Å². The Labute approximate surface area is 151 Å². The van der Waals surface area contributed by atoms with Crippen LogP contribution in [0.2, 0.25) is 0 Å². The van der Waals surface area contributed by atoms with Crippen molar-refractivity contribution in [2.24, 2.45) is 0 Å². The molecule has 2 aromatic carbocycles. The Morgan fingerprint density at radius 2 is 1.96 bits per heavy atom. The Kier molecular flexibility index (Phi) is 6.24. The van der Waals surface area contributed by atoms with E-state index in [0.717, 1.165) is 29.8 Å². The second kappa shape index (κ2) is 8.39. The summed E-state index contributed by atoms with van der Waals surface area (Å²) in [6, 6.07) is 10.8. The normalized spacial score (nSPS) is 11.6. The van der Waals surface area contributed by atoms with E-state index < -0.39 is 0 Å². The van der Waals surface area contributed by atoms with Crippen molar-refractivity contribution in [2.75, 3.05) is 7.05 Å². The van der Waals surface area contributed by atoms with E-state index in [1.54, 1.807) is 6.20 Å². The van der Waals surface area contributed by atoms with Crippen LogP contribution in [0.15, 0.2) is 74.6 Å². The fraction of sp³-hybridized carbons (Fsp3) is 0.217. The van der Waals surface area contributed by atoms with E-state index >= 15 is 0 Å². The molecule has 2 heteroatoms. The van der Waals surface area contributed by atoms with Crippen molar-refractivity contribution in [1.82, 2.24) is 10.6 Å². The standard InChI is InChI=1S/C23H28N2/c1-7-19(13-12-17(4)24-6)22-15-16(3)14-20-10-9-11-21(23(20)22)18(5)25-8-2/h7-11,14-15,19,24-25H,1-2,4-5,12-13H2,3,6H3. The lowest BCUT2D eigenvalue weighted by Gasteiger charge is -2.20. The summed E-state index contributed by atoms with van der Waals surface area (Å²) in [6.07, 6.45) is 5.59. The minimum absolute atomic E-state index is 0.255. The highest BCUT2D eigenvalue weighted by Gasteiger charge is 2.16. The topological polar surface area (TPSA) is 24.1 Å². The molecule has 0 heterocycles. The van der Waals surface area contributed by atoms with Gasteiger partial charge in [-0.3, -0.25) is 0 Å². The Balaban J connectivity index is 2.60. The minimum Gasteiger partial charge on any atom is -0.392 e. The maximum absolute atomic E-state index is 4.17. The lowest BCUT2D eigenvalue weighted by atomic mass is 9.86. The second-order valence-electron chi connectivity index (χ2n) is 6.32. The molecule has 0 aromatic heterocycles. The fourth-order valence-electron chi connectivity index (χ4n) is 3.22. The number of hydrogen-bond acceptors (Lipinski definition) is 2. The molecule has 0 spiro atoms. The number of hydrogen-bond donors (Lipinski definition) is 2. The molecule has 2 nitrogen and oxygen atoms in total. The predicted molar refractivity (Wildman–Crippen MR) is 111 cm³/mol. The van der Waals surface area contributed by atoms with E-state index in [2.05, 4.69) is 74.2 Å². The maximum Gasteiger partial charge on any atom is 0.0386 e. The molecule has 0 fully saturated rings. The number of aryl methyl sites for hydroxylation is 1. The van der Waals surface area contributed by atoms with Gasteiger partial charge in [0.05, 0.1) is 0 Å². The average Bonchev–Trinajstić information content (AvgIpc) is 2.61.